The Bertz CT molecular complexity index is 677. The number of aromatic nitrogens is 3. The average molecular weight is 288 g/mol. The third-order valence-corrected chi connectivity index (χ3v) is 4.01. The SMILES string of the molecule is CN(CC(=O)O)c1ncc2c(n1)-c1cccnc1SC2. The predicted molar refractivity (Wildman–Crippen MR) is 75.7 cm³/mol. The van der Waals surface area contributed by atoms with Crippen molar-refractivity contribution in [3.8, 4) is 11.3 Å². The number of pyridine rings is 1. The lowest BCUT2D eigenvalue weighted by Gasteiger charge is -2.20. The van der Waals surface area contributed by atoms with Crippen molar-refractivity contribution in [2.75, 3.05) is 18.5 Å². The van der Waals surface area contributed by atoms with Crippen LogP contribution in [0.15, 0.2) is 29.6 Å². The van der Waals surface area contributed by atoms with Gasteiger partial charge in [0.2, 0.25) is 5.95 Å². The second kappa shape index (κ2) is 5.09. The van der Waals surface area contributed by atoms with Crippen molar-refractivity contribution in [2.24, 2.45) is 0 Å². The van der Waals surface area contributed by atoms with E-state index in [4.69, 9.17) is 5.11 Å². The molecule has 1 aliphatic heterocycles. The topological polar surface area (TPSA) is 79.2 Å². The zero-order valence-electron chi connectivity index (χ0n) is 10.8. The highest BCUT2D eigenvalue weighted by atomic mass is 32.2. The molecule has 0 saturated carbocycles. The molecule has 7 heteroatoms. The highest BCUT2D eigenvalue weighted by Gasteiger charge is 2.20. The van der Waals surface area contributed by atoms with Crippen LogP contribution in [0.5, 0.6) is 0 Å². The lowest BCUT2D eigenvalue weighted by atomic mass is 10.1. The summed E-state index contributed by atoms with van der Waals surface area (Å²) in [5.74, 6) is 0.279. The number of likely N-dealkylation sites (N-methyl/N-ethyl adjacent to an activating group) is 1. The van der Waals surface area contributed by atoms with Gasteiger partial charge < -0.3 is 10.0 Å². The Labute approximate surface area is 119 Å². The van der Waals surface area contributed by atoms with E-state index in [1.165, 1.54) is 4.90 Å². The van der Waals surface area contributed by atoms with Crippen LogP contribution >= 0.6 is 11.8 Å². The van der Waals surface area contributed by atoms with Gasteiger partial charge in [-0.2, -0.15) is 0 Å². The molecule has 20 heavy (non-hydrogen) atoms. The maximum absolute atomic E-state index is 10.8. The van der Waals surface area contributed by atoms with Crippen LogP contribution in [0.2, 0.25) is 0 Å². The predicted octanol–water partition coefficient (Wildman–Crippen LogP) is 1.67. The number of aliphatic carboxylic acids is 1. The van der Waals surface area contributed by atoms with Gasteiger partial charge in [-0.25, -0.2) is 15.0 Å². The fourth-order valence-electron chi connectivity index (χ4n) is 2.03. The minimum atomic E-state index is -0.911. The van der Waals surface area contributed by atoms with Gasteiger partial charge in [0.1, 0.15) is 11.6 Å². The minimum absolute atomic E-state index is 0.132. The van der Waals surface area contributed by atoms with Gasteiger partial charge in [0.25, 0.3) is 0 Å². The van der Waals surface area contributed by atoms with Gasteiger partial charge in [0.05, 0.1) is 5.69 Å². The number of nitrogens with zero attached hydrogens (tertiary/aromatic N) is 4. The molecule has 1 N–H and O–H groups in total. The second-order valence-corrected chi connectivity index (χ2v) is 5.40. The second-order valence-electron chi connectivity index (χ2n) is 4.44. The standard InChI is InChI=1S/C13H12N4O2S/c1-17(6-10(18)19)13-15-5-8-7-20-12-9(11(8)16-13)3-2-4-14-12/h2-5H,6-7H2,1H3,(H,18,19). The molecule has 0 saturated heterocycles. The normalized spacial score (nSPS) is 12.4. The molecule has 0 aliphatic carbocycles. The van der Waals surface area contributed by atoms with Crippen molar-refractivity contribution in [1.29, 1.82) is 0 Å². The summed E-state index contributed by atoms with van der Waals surface area (Å²) in [6, 6.07) is 3.85. The highest BCUT2D eigenvalue weighted by Crippen LogP contribution is 2.38. The van der Waals surface area contributed by atoms with Crippen LogP contribution in [0.4, 0.5) is 5.95 Å². The number of anilines is 1. The molecule has 0 aromatic carbocycles. The Kier molecular flexibility index (Phi) is 3.27. The van der Waals surface area contributed by atoms with Crippen molar-refractivity contribution in [3.05, 3.63) is 30.1 Å². The van der Waals surface area contributed by atoms with Gasteiger partial charge in [0.15, 0.2) is 0 Å². The Hall–Kier alpha value is -2.15. The van der Waals surface area contributed by atoms with E-state index in [1.54, 1.807) is 31.2 Å². The molecule has 1 aliphatic rings. The number of rotatable bonds is 3. The maximum Gasteiger partial charge on any atom is 0.323 e. The number of hydrogen-bond donors (Lipinski definition) is 1. The summed E-state index contributed by atoms with van der Waals surface area (Å²) in [6.45, 7) is -0.132. The van der Waals surface area contributed by atoms with E-state index in [2.05, 4.69) is 15.0 Å². The van der Waals surface area contributed by atoms with E-state index in [9.17, 15) is 4.79 Å². The Morgan fingerprint density at radius 1 is 1.50 bits per heavy atom. The van der Waals surface area contributed by atoms with E-state index in [0.29, 0.717) is 5.95 Å². The summed E-state index contributed by atoms with van der Waals surface area (Å²) in [4.78, 5) is 25.4. The van der Waals surface area contributed by atoms with E-state index < -0.39 is 5.97 Å². The van der Waals surface area contributed by atoms with Crippen LogP contribution < -0.4 is 4.90 Å². The zero-order chi connectivity index (χ0) is 14.1. The molecule has 3 heterocycles. The smallest absolute Gasteiger partial charge is 0.323 e. The molecule has 0 radical (unpaired) electrons. The summed E-state index contributed by atoms with van der Waals surface area (Å²) in [5, 5.41) is 9.78. The van der Waals surface area contributed by atoms with Crippen molar-refractivity contribution >= 4 is 23.7 Å². The molecule has 102 valence electrons. The van der Waals surface area contributed by atoms with Gasteiger partial charge in [-0.1, -0.05) is 0 Å². The van der Waals surface area contributed by atoms with Crippen molar-refractivity contribution in [3.63, 3.8) is 0 Å². The number of carboxylic acids is 1. The molecule has 0 bridgehead atoms. The molecule has 2 aromatic rings. The number of carboxylic acid groups (broad SMARTS) is 1. The van der Waals surface area contributed by atoms with E-state index >= 15 is 0 Å². The quantitative estimate of drug-likeness (QED) is 0.920. The van der Waals surface area contributed by atoms with Crippen molar-refractivity contribution < 1.29 is 9.90 Å². The summed E-state index contributed by atoms with van der Waals surface area (Å²) < 4.78 is 0. The zero-order valence-corrected chi connectivity index (χ0v) is 11.6. The van der Waals surface area contributed by atoms with Gasteiger partial charge in [0, 0.05) is 36.3 Å². The van der Waals surface area contributed by atoms with Gasteiger partial charge in [-0.15, -0.1) is 11.8 Å². The first-order valence-electron chi connectivity index (χ1n) is 6.02. The monoisotopic (exact) mass is 288 g/mol. The number of fused-ring (bicyclic) bond motifs is 3. The van der Waals surface area contributed by atoms with E-state index in [-0.39, 0.29) is 6.54 Å². The highest BCUT2D eigenvalue weighted by molar-refractivity contribution is 7.98. The summed E-state index contributed by atoms with van der Waals surface area (Å²) in [5.41, 5.74) is 2.86. The molecular weight excluding hydrogens is 276 g/mol. The van der Waals surface area contributed by atoms with Crippen molar-refractivity contribution in [1.82, 2.24) is 15.0 Å². The summed E-state index contributed by atoms with van der Waals surface area (Å²) >= 11 is 1.66. The lowest BCUT2D eigenvalue weighted by Crippen LogP contribution is -2.27. The van der Waals surface area contributed by atoms with Crippen LogP contribution in [0.25, 0.3) is 11.3 Å². The van der Waals surface area contributed by atoms with Crippen LogP contribution in [-0.2, 0) is 10.5 Å². The number of thioether (sulfide) groups is 1. The van der Waals surface area contributed by atoms with Gasteiger partial charge in [-0.3, -0.25) is 4.79 Å². The van der Waals surface area contributed by atoms with Crippen molar-refractivity contribution in [2.45, 2.75) is 10.8 Å². The third-order valence-electron chi connectivity index (χ3n) is 2.96. The van der Waals surface area contributed by atoms with Gasteiger partial charge >= 0.3 is 5.97 Å². The lowest BCUT2D eigenvalue weighted by molar-refractivity contribution is -0.135. The summed E-state index contributed by atoms with van der Waals surface area (Å²) in [6.07, 6.45) is 3.52. The molecular formula is C13H12N4O2S. The Morgan fingerprint density at radius 3 is 3.15 bits per heavy atom. The molecule has 0 amide bonds. The minimum Gasteiger partial charge on any atom is -0.480 e. The molecule has 2 aromatic heterocycles. The molecule has 0 spiro atoms. The van der Waals surface area contributed by atoms with Crippen LogP contribution in [-0.4, -0.2) is 39.6 Å². The maximum atomic E-state index is 10.8. The summed E-state index contributed by atoms with van der Waals surface area (Å²) in [7, 11) is 1.66. The fourth-order valence-corrected chi connectivity index (χ4v) is 2.99. The Morgan fingerprint density at radius 2 is 2.35 bits per heavy atom. The van der Waals surface area contributed by atoms with Gasteiger partial charge in [-0.05, 0) is 12.1 Å². The first-order valence-corrected chi connectivity index (χ1v) is 7.01. The fraction of sp³-hybridized carbons (Fsp3) is 0.231. The van der Waals surface area contributed by atoms with Crippen LogP contribution in [0, 0.1) is 0 Å². The Balaban J connectivity index is 2.03. The number of carbonyl (C=O) groups is 1. The largest absolute Gasteiger partial charge is 0.480 e. The van der Waals surface area contributed by atoms with Crippen LogP contribution in [0.1, 0.15) is 5.56 Å². The molecule has 3 rings (SSSR count). The van der Waals surface area contributed by atoms with E-state index in [1.807, 2.05) is 12.1 Å². The molecule has 0 unspecified atom stereocenters. The number of hydrogen-bond acceptors (Lipinski definition) is 6. The first-order chi connectivity index (χ1) is 9.65. The first kappa shape index (κ1) is 12.9. The van der Waals surface area contributed by atoms with Crippen LogP contribution in [0.3, 0.4) is 0 Å². The molecule has 0 fully saturated rings. The molecule has 0 atom stereocenters. The van der Waals surface area contributed by atoms with E-state index in [0.717, 1.165) is 27.6 Å². The average Bonchev–Trinajstić information content (AvgIpc) is 2.46. The third kappa shape index (κ3) is 2.32. The molecule has 6 nitrogen and oxygen atoms in total.